The van der Waals surface area contributed by atoms with Crippen molar-refractivity contribution in [3.05, 3.63) is 10.0 Å². The lowest BCUT2D eigenvalue weighted by atomic mass is 9.77. The topological polar surface area (TPSA) is 58.5 Å². The Hall–Kier alpha value is -0.560. The summed E-state index contributed by atoms with van der Waals surface area (Å²) >= 11 is 1.66. The Morgan fingerprint density at radius 3 is 2.95 bits per heavy atom. The Balaban J connectivity index is 1.91. The van der Waals surface area contributed by atoms with Crippen LogP contribution < -0.4 is 0 Å². The predicted octanol–water partition coefficient (Wildman–Crippen LogP) is 1.85. The third kappa shape index (κ3) is 4.22. The van der Waals surface area contributed by atoms with Crippen LogP contribution in [0.4, 0.5) is 0 Å². The van der Waals surface area contributed by atoms with Gasteiger partial charge in [0.2, 0.25) is 0 Å². The van der Waals surface area contributed by atoms with Crippen molar-refractivity contribution < 1.29 is 9.84 Å². The Morgan fingerprint density at radius 2 is 2.30 bits per heavy atom. The quantitative estimate of drug-likeness (QED) is 0.779. The summed E-state index contributed by atoms with van der Waals surface area (Å²) in [5.74, 6) is 0. The van der Waals surface area contributed by atoms with E-state index in [9.17, 15) is 5.11 Å². The Bertz CT molecular complexity index is 413. The maximum atomic E-state index is 9.84. The molecule has 0 aromatic carbocycles. The molecular formula is C14H25N3O2S. The lowest BCUT2D eigenvalue weighted by Crippen LogP contribution is -2.45. The van der Waals surface area contributed by atoms with E-state index in [-0.39, 0.29) is 12.0 Å². The molecule has 6 heteroatoms. The van der Waals surface area contributed by atoms with Crippen LogP contribution >= 0.6 is 11.3 Å². The van der Waals surface area contributed by atoms with Gasteiger partial charge in [0.05, 0.1) is 6.54 Å². The maximum Gasteiger partial charge on any atom is 0.131 e. The smallest absolute Gasteiger partial charge is 0.131 e. The highest BCUT2D eigenvalue weighted by Crippen LogP contribution is 2.35. The molecule has 0 bridgehead atoms. The summed E-state index contributed by atoms with van der Waals surface area (Å²) in [5, 5.41) is 20.2. The zero-order valence-electron chi connectivity index (χ0n) is 12.5. The second-order valence-electron chi connectivity index (χ2n) is 5.78. The third-order valence-electron chi connectivity index (χ3n) is 4.06. The first-order valence-electron chi connectivity index (χ1n) is 7.29. The summed E-state index contributed by atoms with van der Waals surface area (Å²) in [6.07, 6.45) is 4.30. The van der Waals surface area contributed by atoms with E-state index in [0.717, 1.165) is 61.9 Å². The first kappa shape index (κ1) is 15.8. The molecule has 0 unspecified atom stereocenters. The largest absolute Gasteiger partial charge is 0.396 e. The van der Waals surface area contributed by atoms with Gasteiger partial charge in [0.15, 0.2) is 0 Å². The highest BCUT2D eigenvalue weighted by Gasteiger charge is 2.34. The summed E-state index contributed by atoms with van der Waals surface area (Å²) in [4.78, 5) is 2.41. The lowest BCUT2D eigenvalue weighted by Gasteiger charge is -2.41. The molecular weight excluding hydrogens is 274 g/mol. The van der Waals surface area contributed by atoms with Gasteiger partial charge >= 0.3 is 0 Å². The molecule has 2 heterocycles. The molecule has 1 aromatic heterocycles. The average Bonchev–Trinajstić information content (AvgIpc) is 2.85. The monoisotopic (exact) mass is 299 g/mol. The number of methoxy groups -OCH3 is 1. The molecule has 0 radical (unpaired) electrons. The number of aromatic nitrogens is 2. The highest BCUT2D eigenvalue weighted by atomic mass is 32.1. The van der Waals surface area contributed by atoms with Gasteiger partial charge in [0, 0.05) is 32.3 Å². The molecule has 1 fully saturated rings. The van der Waals surface area contributed by atoms with Crippen LogP contribution in [0.5, 0.6) is 0 Å². The minimum Gasteiger partial charge on any atom is -0.396 e. The van der Waals surface area contributed by atoms with Crippen molar-refractivity contribution in [1.29, 1.82) is 0 Å². The van der Waals surface area contributed by atoms with Crippen LogP contribution in [0.2, 0.25) is 0 Å². The number of likely N-dealkylation sites (tertiary alicyclic amines) is 1. The molecule has 1 atom stereocenters. The second-order valence-corrected chi connectivity index (χ2v) is 7.05. The minimum atomic E-state index is 0.0382. The summed E-state index contributed by atoms with van der Waals surface area (Å²) in [5.41, 5.74) is 0.0382. The van der Waals surface area contributed by atoms with E-state index in [2.05, 4.69) is 15.1 Å². The van der Waals surface area contributed by atoms with Crippen molar-refractivity contribution >= 4 is 11.3 Å². The van der Waals surface area contributed by atoms with Gasteiger partial charge in [-0.05, 0) is 39.2 Å². The van der Waals surface area contributed by atoms with E-state index in [1.807, 2.05) is 6.92 Å². The Kier molecular flexibility index (Phi) is 5.89. The van der Waals surface area contributed by atoms with Crippen LogP contribution in [0.1, 0.15) is 35.7 Å². The number of piperidine rings is 1. The van der Waals surface area contributed by atoms with Crippen molar-refractivity contribution in [1.82, 2.24) is 15.1 Å². The molecule has 0 spiro atoms. The van der Waals surface area contributed by atoms with Crippen LogP contribution in [0.3, 0.4) is 0 Å². The van der Waals surface area contributed by atoms with E-state index in [0.29, 0.717) is 0 Å². The summed E-state index contributed by atoms with van der Waals surface area (Å²) < 4.78 is 5.14. The molecule has 0 aliphatic carbocycles. The number of aryl methyl sites for hydroxylation is 1. The molecule has 1 aromatic rings. The number of aliphatic hydroxyl groups is 1. The van der Waals surface area contributed by atoms with Gasteiger partial charge in [-0.1, -0.05) is 0 Å². The second kappa shape index (κ2) is 7.45. The molecule has 1 aliphatic rings. The number of ether oxygens (including phenoxy) is 1. The SMILES string of the molecule is COCCC[C@]1(CO)CCCN(Cc2nnc(C)s2)C1. The maximum absolute atomic E-state index is 9.84. The molecule has 2 rings (SSSR count). The predicted molar refractivity (Wildman–Crippen MR) is 79.8 cm³/mol. The van der Waals surface area contributed by atoms with Gasteiger partial charge in [-0.3, -0.25) is 4.90 Å². The van der Waals surface area contributed by atoms with E-state index in [1.165, 1.54) is 0 Å². The first-order valence-corrected chi connectivity index (χ1v) is 8.10. The zero-order chi connectivity index (χ0) is 14.4. The van der Waals surface area contributed by atoms with Gasteiger partial charge in [-0.15, -0.1) is 21.5 Å². The molecule has 5 nitrogen and oxygen atoms in total. The van der Waals surface area contributed by atoms with Crippen LogP contribution in [-0.4, -0.2) is 53.6 Å². The summed E-state index contributed by atoms with van der Waals surface area (Å²) in [6.45, 7) is 5.92. The van der Waals surface area contributed by atoms with Gasteiger partial charge in [-0.2, -0.15) is 0 Å². The van der Waals surface area contributed by atoms with Gasteiger partial charge < -0.3 is 9.84 Å². The average molecular weight is 299 g/mol. The summed E-state index contributed by atoms with van der Waals surface area (Å²) in [7, 11) is 1.73. The fourth-order valence-electron chi connectivity index (χ4n) is 3.04. The number of rotatable bonds is 7. The fourth-order valence-corrected chi connectivity index (χ4v) is 3.79. The number of hydrogen-bond acceptors (Lipinski definition) is 6. The zero-order valence-corrected chi connectivity index (χ0v) is 13.3. The molecule has 114 valence electrons. The Morgan fingerprint density at radius 1 is 1.45 bits per heavy atom. The number of nitrogens with zero attached hydrogens (tertiary/aromatic N) is 3. The van der Waals surface area contributed by atoms with Crippen molar-refractivity contribution in [2.75, 3.05) is 33.4 Å². The lowest BCUT2D eigenvalue weighted by molar-refractivity contribution is 0.0158. The van der Waals surface area contributed by atoms with Crippen molar-refractivity contribution in [3.63, 3.8) is 0 Å². The van der Waals surface area contributed by atoms with E-state index >= 15 is 0 Å². The molecule has 1 aliphatic heterocycles. The van der Waals surface area contributed by atoms with Crippen molar-refractivity contribution in [3.8, 4) is 0 Å². The van der Waals surface area contributed by atoms with E-state index in [1.54, 1.807) is 18.4 Å². The minimum absolute atomic E-state index is 0.0382. The van der Waals surface area contributed by atoms with E-state index < -0.39 is 0 Å². The number of hydrogen-bond donors (Lipinski definition) is 1. The normalized spacial score (nSPS) is 24.1. The molecule has 1 saturated heterocycles. The molecule has 20 heavy (non-hydrogen) atoms. The standard InChI is InChI=1S/C14H25N3O2S/c1-12-15-16-13(20-12)9-17-7-3-5-14(10-17,11-18)6-4-8-19-2/h18H,3-11H2,1-2H3/t14-/m1/s1. The molecule has 0 saturated carbocycles. The van der Waals surface area contributed by atoms with Crippen LogP contribution in [0, 0.1) is 12.3 Å². The van der Waals surface area contributed by atoms with Crippen LogP contribution in [0.15, 0.2) is 0 Å². The third-order valence-corrected chi connectivity index (χ3v) is 4.88. The highest BCUT2D eigenvalue weighted by molar-refractivity contribution is 7.11. The van der Waals surface area contributed by atoms with Crippen molar-refractivity contribution in [2.24, 2.45) is 5.41 Å². The van der Waals surface area contributed by atoms with Gasteiger partial charge in [0.25, 0.3) is 0 Å². The summed E-state index contributed by atoms with van der Waals surface area (Å²) in [6, 6.07) is 0. The Labute approximate surface area is 125 Å². The van der Waals surface area contributed by atoms with Crippen LogP contribution in [-0.2, 0) is 11.3 Å². The fraction of sp³-hybridized carbons (Fsp3) is 0.857. The first-order chi connectivity index (χ1) is 9.67. The molecule has 1 N–H and O–H groups in total. The van der Waals surface area contributed by atoms with Gasteiger partial charge in [0.1, 0.15) is 10.0 Å². The molecule has 0 amide bonds. The van der Waals surface area contributed by atoms with E-state index in [4.69, 9.17) is 4.74 Å². The van der Waals surface area contributed by atoms with Crippen molar-refractivity contribution in [2.45, 2.75) is 39.2 Å². The van der Waals surface area contributed by atoms with Gasteiger partial charge in [-0.25, -0.2) is 0 Å². The van der Waals surface area contributed by atoms with Crippen LogP contribution in [0.25, 0.3) is 0 Å². The number of aliphatic hydroxyl groups excluding tert-OH is 1.